The second kappa shape index (κ2) is 8.02. The predicted octanol–water partition coefficient (Wildman–Crippen LogP) is 0.553. The smallest absolute Gasteiger partial charge is 0.252 e. The van der Waals surface area contributed by atoms with Gasteiger partial charge in [-0.1, -0.05) is 11.8 Å². The average molecular weight is 292 g/mol. The van der Waals surface area contributed by atoms with Crippen molar-refractivity contribution in [3.8, 4) is 11.8 Å². The van der Waals surface area contributed by atoms with E-state index < -0.39 is 23.7 Å². The number of amides is 2. The number of rotatable bonds is 5. The molecule has 0 saturated heterocycles. The fourth-order valence-electron chi connectivity index (χ4n) is 1.69. The van der Waals surface area contributed by atoms with Gasteiger partial charge in [-0.2, -0.15) is 0 Å². The zero-order chi connectivity index (χ0) is 15.8. The zero-order valence-corrected chi connectivity index (χ0v) is 11.6. The molecule has 5 nitrogen and oxygen atoms in total. The normalized spacial score (nSPS) is 11.2. The molecule has 0 heterocycles. The maximum absolute atomic E-state index is 13.2. The van der Waals surface area contributed by atoms with Gasteiger partial charge in [0.15, 0.2) is 0 Å². The van der Waals surface area contributed by atoms with E-state index in [1.54, 1.807) is 6.92 Å². The number of carbonyl (C=O) groups excluding carboxylic acids is 2. The molecule has 1 aromatic rings. The fourth-order valence-corrected chi connectivity index (χ4v) is 1.69. The number of halogens is 1. The third-order valence-corrected chi connectivity index (χ3v) is 2.57. The van der Waals surface area contributed by atoms with Crippen molar-refractivity contribution in [2.45, 2.75) is 25.8 Å². The van der Waals surface area contributed by atoms with Crippen LogP contribution in [0.2, 0.25) is 0 Å². The number of hydrogen-bond donors (Lipinski definition) is 3. The van der Waals surface area contributed by atoms with Crippen LogP contribution in [0.1, 0.15) is 35.7 Å². The molecule has 0 bridgehead atoms. The van der Waals surface area contributed by atoms with Crippen LogP contribution in [0.15, 0.2) is 18.2 Å². The van der Waals surface area contributed by atoms with E-state index >= 15 is 0 Å². The van der Waals surface area contributed by atoms with Crippen LogP contribution in [-0.2, 0) is 4.79 Å². The first-order valence-corrected chi connectivity index (χ1v) is 6.42. The Balaban J connectivity index is 2.93. The molecule has 1 aromatic carbocycles. The van der Waals surface area contributed by atoms with Crippen molar-refractivity contribution >= 4 is 11.8 Å². The van der Waals surface area contributed by atoms with Gasteiger partial charge in [-0.3, -0.25) is 9.59 Å². The second-order valence-corrected chi connectivity index (χ2v) is 4.51. The fraction of sp³-hybridized carbons (Fsp3) is 0.333. The van der Waals surface area contributed by atoms with Gasteiger partial charge < -0.3 is 16.2 Å². The molecule has 4 N–H and O–H groups in total. The summed E-state index contributed by atoms with van der Waals surface area (Å²) in [5, 5.41) is 11.3. The van der Waals surface area contributed by atoms with Crippen molar-refractivity contribution in [3.05, 3.63) is 35.1 Å². The Morgan fingerprint density at radius 2 is 2.19 bits per heavy atom. The number of nitrogens with one attached hydrogen (secondary N) is 1. The first kappa shape index (κ1) is 16.7. The Morgan fingerprint density at radius 3 is 2.81 bits per heavy atom. The molecular weight excluding hydrogens is 275 g/mol. The highest BCUT2D eigenvalue weighted by Gasteiger charge is 2.15. The van der Waals surface area contributed by atoms with Gasteiger partial charge in [0.25, 0.3) is 5.91 Å². The number of benzene rings is 1. The highest BCUT2D eigenvalue weighted by molar-refractivity contribution is 5.97. The van der Waals surface area contributed by atoms with Crippen LogP contribution in [0, 0.1) is 17.7 Å². The summed E-state index contributed by atoms with van der Waals surface area (Å²) < 4.78 is 13.2. The van der Waals surface area contributed by atoms with Crippen molar-refractivity contribution in [2.75, 3.05) is 6.61 Å². The summed E-state index contributed by atoms with van der Waals surface area (Å²) >= 11 is 0. The van der Waals surface area contributed by atoms with Crippen LogP contribution >= 0.6 is 0 Å². The summed E-state index contributed by atoms with van der Waals surface area (Å²) in [6.45, 7) is 1.53. The number of nitrogens with two attached hydrogens (primary N) is 1. The molecule has 0 aliphatic carbocycles. The van der Waals surface area contributed by atoms with Crippen molar-refractivity contribution in [2.24, 2.45) is 5.73 Å². The molecule has 1 atom stereocenters. The number of primary amides is 1. The van der Waals surface area contributed by atoms with Crippen LogP contribution in [0.4, 0.5) is 4.39 Å². The van der Waals surface area contributed by atoms with E-state index in [0.717, 1.165) is 12.1 Å². The lowest BCUT2D eigenvalue weighted by molar-refractivity contribution is -0.118. The van der Waals surface area contributed by atoms with Crippen LogP contribution in [0.3, 0.4) is 0 Å². The van der Waals surface area contributed by atoms with Crippen molar-refractivity contribution in [3.63, 3.8) is 0 Å². The molecule has 0 spiro atoms. The Bertz CT molecular complexity index is 590. The van der Waals surface area contributed by atoms with Gasteiger partial charge in [-0.15, -0.1) is 0 Å². The lowest BCUT2D eigenvalue weighted by atomic mass is 10.1. The molecule has 0 radical (unpaired) electrons. The number of carbonyl (C=O) groups is 2. The number of aliphatic hydroxyl groups is 1. The van der Waals surface area contributed by atoms with E-state index in [9.17, 15) is 14.0 Å². The molecule has 21 heavy (non-hydrogen) atoms. The quantitative estimate of drug-likeness (QED) is 0.692. The van der Waals surface area contributed by atoms with Crippen LogP contribution in [0.25, 0.3) is 0 Å². The van der Waals surface area contributed by atoms with Crippen molar-refractivity contribution in [1.82, 2.24) is 5.32 Å². The molecule has 2 amide bonds. The Labute approximate surface area is 122 Å². The monoisotopic (exact) mass is 292 g/mol. The Kier molecular flexibility index (Phi) is 6.37. The molecule has 6 heteroatoms. The van der Waals surface area contributed by atoms with E-state index in [4.69, 9.17) is 10.8 Å². The second-order valence-electron chi connectivity index (χ2n) is 4.51. The number of hydrogen-bond acceptors (Lipinski definition) is 3. The van der Waals surface area contributed by atoms with Gasteiger partial charge in [0, 0.05) is 24.4 Å². The highest BCUT2D eigenvalue weighted by atomic mass is 19.1. The highest BCUT2D eigenvalue weighted by Crippen LogP contribution is 2.11. The van der Waals surface area contributed by atoms with E-state index in [-0.39, 0.29) is 30.6 Å². The van der Waals surface area contributed by atoms with Gasteiger partial charge >= 0.3 is 0 Å². The summed E-state index contributed by atoms with van der Waals surface area (Å²) in [6, 6.07) is 3.20. The molecule has 0 aromatic heterocycles. The lowest BCUT2D eigenvalue weighted by Crippen LogP contribution is -2.36. The van der Waals surface area contributed by atoms with E-state index in [0.29, 0.717) is 0 Å². The van der Waals surface area contributed by atoms with E-state index in [1.165, 1.54) is 6.07 Å². The van der Waals surface area contributed by atoms with Gasteiger partial charge in [0.1, 0.15) is 5.82 Å². The molecule has 1 rings (SSSR count). The minimum atomic E-state index is -0.523. The minimum Gasteiger partial charge on any atom is -0.395 e. The summed E-state index contributed by atoms with van der Waals surface area (Å²) in [5.41, 5.74) is 5.49. The van der Waals surface area contributed by atoms with E-state index in [2.05, 4.69) is 17.2 Å². The van der Waals surface area contributed by atoms with Gasteiger partial charge in [0.05, 0.1) is 12.2 Å². The van der Waals surface area contributed by atoms with Crippen LogP contribution in [-0.4, -0.2) is 29.6 Å². The Morgan fingerprint density at radius 1 is 1.48 bits per heavy atom. The molecule has 0 fully saturated rings. The van der Waals surface area contributed by atoms with Gasteiger partial charge in [0.2, 0.25) is 5.91 Å². The molecule has 1 unspecified atom stereocenters. The standard InChI is InChI=1S/C15H17FN2O3/c1-10(8-14(17)20)18-15(21)13-6-5-12(16)9-11(13)4-2-3-7-19/h5-6,9-10,19H,3,7-8H2,1H3,(H2,17,20)(H,18,21). The molecule has 0 saturated carbocycles. The maximum Gasteiger partial charge on any atom is 0.252 e. The van der Waals surface area contributed by atoms with Crippen LogP contribution < -0.4 is 11.1 Å². The minimum absolute atomic E-state index is 0.0124. The molecule has 0 aliphatic heterocycles. The van der Waals surface area contributed by atoms with Gasteiger partial charge in [-0.25, -0.2) is 4.39 Å². The molecular formula is C15H17FN2O3. The first-order valence-electron chi connectivity index (χ1n) is 6.42. The van der Waals surface area contributed by atoms with Crippen molar-refractivity contribution < 1.29 is 19.1 Å². The van der Waals surface area contributed by atoms with Crippen molar-refractivity contribution in [1.29, 1.82) is 0 Å². The molecule has 0 aliphatic rings. The topological polar surface area (TPSA) is 92.4 Å². The Hall–Kier alpha value is -2.39. The van der Waals surface area contributed by atoms with Crippen LogP contribution in [0.5, 0.6) is 0 Å². The third-order valence-electron chi connectivity index (χ3n) is 2.57. The number of aliphatic hydroxyl groups excluding tert-OH is 1. The molecule has 112 valence electrons. The first-order chi connectivity index (χ1) is 9.93. The maximum atomic E-state index is 13.2. The third kappa shape index (κ3) is 5.63. The largest absolute Gasteiger partial charge is 0.395 e. The lowest BCUT2D eigenvalue weighted by Gasteiger charge is -2.13. The van der Waals surface area contributed by atoms with E-state index in [1.807, 2.05) is 0 Å². The van der Waals surface area contributed by atoms with Gasteiger partial charge in [-0.05, 0) is 25.1 Å². The SMILES string of the molecule is CC(CC(N)=O)NC(=O)c1ccc(F)cc1C#CCCO. The average Bonchev–Trinajstić information content (AvgIpc) is 2.37. The zero-order valence-electron chi connectivity index (χ0n) is 11.6. The summed E-state index contributed by atoms with van der Waals surface area (Å²) in [7, 11) is 0. The predicted molar refractivity (Wildman–Crippen MR) is 75.7 cm³/mol. The summed E-state index contributed by atoms with van der Waals surface area (Å²) in [5.74, 6) is 3.79. The summed E-state index contributed by atoms with van der Waals surface area (Å²) in [4.78, 5) is 22.9. The summed E-state index contributed by atoms with van der Waals surface area (Å²) in [6.07, 6.45) is 0.244.